The molecule has 0 heterocycles. The molecule has 0 N–H and O–H groups in total. The first-order chi connectivity index (χ1) is 16.6. The Hall–Kier alpha value is -1.84. The van der Waals surface area contributed by atoms with Crippen molar-refractivity contribution >= 4 is 11.9 Å². The van der Waals surface area contributed by atoms with Gasteiger partial charge >= 0.3 is 11.9 Å². The minimum Gasteiger partial charge on any atom is -0.462 e. The summed E-state index contributed by atoms with van der Waals surface area (Å²) >= 11 is 0. The van der Waals surface area contributed by atoms with Gasteiger partial charge in [-0.15, -0.1) is 0 Å². The number of hydrogen-bond donors (Lipinski definition) is 0. The maximum Gasteiger partial charge on any atom is 0.339 e. The number of esters is 2. The Morgan fingerprint density at radius 3 is 1.41 bits per heavy atom. The number of carbonyl (C=O) groups excluding carboxylic acids is 2. The molecule has 0 radical (unpaired) electrons. The van der Waals surface area contributed by atoms with E-state index in [4.69, 9.17) is 9.47 Å². The van der Waals surface area contributed by atoms with Crippen LogP contribution in [0.3, 0.4) is 0 Å². The van der Waals surface area contributed by atoms with Gasteiger partial charge in [0.25, 0.3) is 0 Å². The first-order valence-electron chi connectivity index (χ1n) is 14.0. The predicted molar refractivity (Wildman–Crippen MR) is 141 cm³/mol. The Balaban J connectivity index is 2.19. The minimum atomic E-state index is -0.440. The van der Waals surface area contributed by atoms with Gasteiger partial charge in [0.15, 0.2) is 0 Å². The minimum absolute atomic E-state index is 0.297. The van der Waals surface area contributed by atoms with E-state index >= 15 is 0 Å². The lowest BCUT2D eigenvalue weighted by Gasteiger charge is -2.10. The zero-order chi connectivity index (χ0) is 24.9. The molecule has 194 valence electrons. The van der Waals surface area contributed by atoms with E-state index in [1.165, 1.54) is 70.6 Å². The summed E-state index contributed by atoms with van der Waals surface area (Å²) in [6.45, 7) is 7.52. The standard InChI is InChI=1S/C30H50O4/c1-4-5-6-7-8-9-10-11-12-14-19-24-33-29(31)27-22-17-18-23-28(27)30(32)34-25-20-15-13-16-21-26(2)3/h17-18,22-23,26H,4-16,19-21,24-25H2,1-3H3. The average molecular weight is 475 g/mol. The molecule has 0 aliphatic carbocycles. The van der Waals surface area contributed by atoms with Crippen molar-refractivity contribution in [2.24, 2.45) is 5.92 Å². The van der Waals surface area contributed by atoms with Crippen LogP contribution in [0.15, 0.2) is 24.3 Å². The Morgan fingerprint density at radius 1 is 0.618 bits per heavy atom. The van der Waals surface area contributed by atoms with Crippen LogP contribution in [0.25, 0.3) is 0 Å². The summed E-state index contributed by atoms with van der Waals surface area (Å²) in [5.41, 5.74) is 0.596. The Morgan fingerprint density at radius 2 is 1.00 bits per heavy atom. The second-order valence-corrected chi connectivity index (χ2v) is 9.95. The van der Waals surface area contributed by atoms with Gasteiger partial charge in [-0.3, -0.25) is 0 Å². The van der Waals surface area contributed by atoms with Crippen molar-refractivity contribution in [1.82, 2.24) is 0 Å². The molecule has 0 aromatic heterocycles. The van der Waals surface area contributed by atoms with E-state index in [1.807, 2.05) is 0 Å². The van der Waals surface area contributed by atoms with Gasteiger partial charge in [0.1, 0.15) is 0 Å². The molecule has 0 spiro atoms. The first-order valence-corrected chi connectivity index (χ1v) is 14.0. The summed E-state index contributed by atoms with van der Waals surface area (Å²) in [6, 6.07) is 6.79. The normalized spacial score (nSPS) is 11.1. The van der Waals surface area contributed by atoms with Crippen LogP contribution in [0.5, 0.6) is 0 Å². The van der Waals surface area contributed by atoms with Crippen LogP contribution >= 0.6 is 0 Å². The van der Waals surface area contributed by atoms with Crippen LogP contribution < -0.4 is 0 Å². The lowest BCUT2D eigenvalue weighted by molar-refractivity contribution is 0.0450. The maximum atomic E-state index is 12.5. The van der Waals surface area contributed by atoms with E-state index in [9.17, 15) is 9.59 Å². The molecule has 4 nitrogen and oxygen atoms in total. The topological polar surface area (TPSA) is 52.6 Å². The zero-order valence-corrected chi connectivity index (χ0v) is 22.2. The summed E-state index contributed by atoms with van der Waals surface area (Å²) in [6.07, 6.45) is 19.3. The van der Waals surface area contributed by atoms with Crippen molar-refractivity contribution in [3.05, 3.63) is 35.4 Å². The van der Waals surface area contributed by atoms with Crippen molar-refractivity contribution in [2.45, 2.75) is 124 Å². The van der Waals surface area contributed by atoms with Gasteiger partial charge < -0.3 is 9.47 Å². The third-order valence-corrected chi connectivity index (χ3v) is 6.26. The molecule has 0 saturated heterocycles. The van der Waals surface area contributed by atoms with E-state index in [0.717, 1.165) is 38.0 Å². The van der Waals surface area contributed by atoms with Gasteiger partial charge in [0, 0.05) is 0 Å². The molecule has 0 atom stereocenters. The highest BCUT2D eigenvalue weighted by Gasteiger charge is 2.18. The van der Waals surface area contributed by atoms with Gasteiger partial charge in [-0.05, 0) is 30.9 Å². The zero-order valence-electron chi connectivity index (χ0n) is 22.2. The van der Waals surface area contributed by atoms with E-state index in [-0.39, 0.29) is 0 Å². The molecule has 1 rings (SSSR count). The Bertz CT molecular complexity index is 653. The molecular formula is C30H50O4. The van der Waals surface area contributed by atoms with Crippen molar-refractivity contribution in [3.8, 4) is 0 Å². The molecule has 0 aliphatic heterocycles. The van der Waals surface area contributed by atoms with Crippen molar-refractivity contribution in [1.29, 1.82) is 0 Å². The number of hydrogen-bond acceptors (Lipinski definition) is 4. The van der Waals surface area contributed by atoms with Crippen LogP contribution in [-0.2, 0) is 9.47 Å². The summed E-state index contributed by atoms with van der Waals surface area (Å²) in [5, 5.41) is 0. The van der Waals surface area contributed by atoms with Crippen molar-refractivity contribution < 1.29 is 19.1 Å². The van der Waals surface area contributed by atoms with Crippen LogP contribution in [0.1, 0.15) is 144 Å². The first kappa shape index (κ1) is 30.2. The Kier molecular flexibility index (Phi) is 18.2. The molecule has 34 heavy (non-hydrogen) atoms. The van der Waals surface area contributed by atoms with E-state index in [0.29, 0.717) is 24.3 Å². The van der Waals surface area contributed by atoms with Gasteiger partial charge in [-0.25, -0.2) is 9.59 Å². The molecule has 0 unspecified atom stereocenters. The number of benzene rings is 1. The van der Waals surface area contributed by atoms with Crippen molar-refractivity contribution in [3.63, 3.8) is 0 Å². The quantitative estimate of drug-likeness (QED) is 0.132. The second-order valence-electron chi connectivity index (χ2n) is 9.95. The molecule has 1 aromatic rings. The van der Waals surface area contributed by atoms with Crippen LogP contribution in [0, 0.1) is 5.92 Å². The highest BCUT2D eigenvalue weighted by atomic mass is 16.5. The lowest BCUT2D eigenvalue weighted by Crippen LogP contribution is -2.15. The predicted octanol–water partition coefficient (Wildman–Crippen LogP) is 8.92. The average Bonchev–Trinajstić information content (AvgIpc) is 2.83. The van der Waals surface area contributed by atoms with Gasteiger partial charge in [-0.2, -0.15) is 0 Å². The second kappa shape index (κ2) is 20.5. The molecular weight excluding hydrogens is 424 g/mol. The molecule has 4 heteroatoms. The summed E-state index contributed by atoms with van der Waals surface area (Å²) in [7, 11) is 0. The largest absolute Gasteiger partial charge is 0.462 e. The Labute approximate surface area is 209 Å². The molecule has 0 saturated carbocycles. The summed E-state index contributed by atoms with van der Waals surface area (Å²) in [5.74, 6) is -0.137. The van der Waals surface area contributed by atoms with E-state index < -0.39 is 11.9 Å². The molecule has 0 amide bonds. The molecule has 0 fully saturated rings. The number of carbonyl (C=O) groups is 2. The van der Waals surface area contributed by atoms with Crippen LogP contribution in [0.2, 0.25) is 0 Å². The summed E-state index contributed by atoms with van der Waals surface area (Å²) < 4.78 is 10.9. The summed E-state index contributed by atoms with van der Waals surface area (Å²) in [4.78, 5) is 25.0. The third kappa shape index (κ3) is 15.1. The molecule has 1 aromatic carbocycles. The van der Waals surface area contributed by atoms with E-state index in [1.54, 1.807) is 24.3 Å². The smallest absolute Gasteiger partial charge is 0.339 e. The maximum absolute atomic E-state index is 12.5. The van der Waals surface area contributed by atoms with Crippen molar-refractivity contribution in [2.75, 3.05) is 13.2 Å². The van der Waals surface area contributed by atoms with E-state index in [2.05, 4.69) is 20.8 Å². The lowest BCUT2D eigenvalue weighted by atomic mass is 10.0. The molecule has 0 bridgehead atoms. The number of unbranched alkanes of at least 4 members (excludes halogenated alkanes) is 13. The fraction of sp³-hybridized carbons (Fsp3) is 0.733. The van der Waals surface area contributed by atoms with Gasteiger partial charge in [0.05, 0.1) is 24.3 Å². The highest BCUT2D eigenvalue weighted by Crippen LogP contribution is 2.15. The van der Waals surface area contributed by atoms with Crippen LogP contribution in [0.4, 0.5) is 0 Å². The van der Waals surface area contributed by atoms with Gasteiger partial charge in [-0.1, -0.05) is 123 Å². The SMILES string of the molecule is CCCCCCCCCCCCCOC(=O)c1ccccc1C(=O)OCCCCCCC(C)C. The molecule has 0 aliphatic rings. The fourth-order valence-corrected chi connectivity index (χ4v) is 4.10. The highest BCUT2D eigenvalue weighted by molar-refractivity contribution is 6.03. The number of ether oxygens (including phenoxy) is 2. The monoisotopic (exact) mass is 474 g/mol. The third-order valence-electron chi connectivity index (χ3n) is 6.26. The number of rotatable bonds is 21. The van der Waals surface area contributed by atoms with Crippen LogP contribution in [-0.4, -0.2) is 25.2 Å². The fourth-order valence-electron chi connectivity index (χ4n) is 4.10. The van der Waals surface area contributed by atoms with Gasteiger partial charge in [0.2, 0.25) is 0 Å².